The smallest absolute Gasteiger partial charge is 0.262 e. The van der Waals surface area contributed by atoms with Crippen molar-refractivity contribution in [1.82, 2.24) is 9.97 Å². The average molecular weight is 425 g/mol. The Hall–Kier alpha value is -4.19. The first-order chi connectivity index (χ1) is 15.6. The van der Waals surface area contributed by atoms with Gasteiger partial charge in [0.25, 0.3) is 5.91 Å². The van der Waals surface area contributed by atoms with Crippen LogP contribution in [0.5, 0.6) is 5.75 Å². The van der Waals surface area contributed by atoms with Crippen LogP contribution in [0.25, 0.3) is 11.3 Å². The summed E-state index contributed by atoms with van der Waals surface area (Å²) in [6.45, 7) is 3.95. The molecule has 4 aromatic rings. The van der Waals surface area contributed by atoms with Crippen molar-refractivity contribution in [2.45, 2.75) is 13.8 Å². The number of rotatable bonds is 7. The SMILES string of the molecule is Cc1cccc(OCC(=O)Nc2ccc(Nc3cc(-c4ccccc4)ncn3)cc2)c1C. The molecule has 0 aliphatic rings. The fraction of sp³-hybridized carbons (Fsp3) is 0.115. The molecule has 0 radical (unpaired) electrons. The van der Waals surface area contributed by atoms with Gasteiger partial charge in [-0.15, -0.1) is 0 Å². The minimum atomic E-state index is -0.213. The van der Waals surface area contributed by atoms with Crippen molar-refractivity contribution in [3.63, 3.8) is 0 Å². The van der Waals surface area contributed by atoms with Crippen molar-refractivity contribution in [2.75, 3.05) is 17.2 Å². The number of hydrogen-bond donors (Lipinski definition) is 2. The number of carbonyl (C=O) groups is 1. The van der Waals surface area contributed by atoms with Gasteiger partial charge in [0.05, 0.1) is 5.69 Å². The van der Waals surface area contributed by atoms with Crippen LogP contribution in [0.15, 0.2) is 85.2 Å². The topological polar surface area (TPSA) is 76.1 Å². The van der Waals surface area contributed by atoms with Gasteiger partial charge in [0.2, 0.25) is 0 Å². The van der Waals surface area contributed by atoms with E-state index < -0.39 is 0 Å². The number of aryl methyl sites for hydroxylation is 1. The Bertz CT molecular complexity index is 1210. The van der Waals surface area contributed by atoms with Crippen molar-refractivity contribution in [2.24, 2.45) is 0 Å². The highest BCUT2D eigenvalue weighted by Crippen LogP contribution is 2.23. The molecule has 1 heterocycles. The molecular weight excluding hydrogens is 400 g/mol. The summed E-state index contributed by atoms with van der Waals surface area (Å²) in [7, 11) is 0. The molecule has 0 fully saturated rings. The van der Waals surface area contributed by atoms with E-state index in [-0.39, 0.29) is 12.5 Å². The Morgan fingerprint density at radius 3 is 2.41 bits per heavy atom. The summed E-state index contributed by atoms with van der Waals surface area (Å²) in [5.41, 5.74) is 5.58. The van der Waals surface area contributed by atoms with Gasteiger partial charge in [0.15, 0.2) is 6.61 Å². The summed E-state index contributed by atoms with van der Waals surface area (Å²) in [5.74, 6) is 1.20. The van der Waals surface area contributed by atoms with Gasteiger partial charge >= 0.3 is 0 Å². The number of nitrogens with zero attached hydrogens (tertiary/aromatic N) is 2. The second-order valence-electron chi connectivity index (χ2n) is 7.39. The van der Waals surface area contributed by atoms with Crippen LogP contribution >= 0.6 is 0 Å². The van der Waals surface area contributed by atoms with E-state index in [1.54, 1.807) is 0 Å². The summed E-state index contributed by atoms with van der Waals surface area (Å²) in [5, 5.41) is 6.11. The molecule has 160 valence electrons. The summed E-state index contributed by atoms with van der Waals surface area (Å²) in [4.78, 5) is 20.9. The van der Waals surface area contributed by atoms with Crippen LogP contribution in [0.3, 0.4) is 0 Å². The molecule has 0 atom stereocenters. The largest absolute Gasteiger partial charge is 0.483 e. The molecule has 32 heavy (non-hydrogen) atoms. The first-order valence-corrected chi connectivity index (χ1v) is 10.3. The van der Waals surface area contributed by atoms with Gasteiger partial charge in [-0.05, 0) is 55.3 Å². The molecule has 0 aliphatic heterocycles. The van der Waals surface area contributed by atoms with Crippen molar-refractivity contribution in [3.8, 4) is 17.0 Å². The zero-order valence-corrected chi connectivity index (χ0v) is 18.0. The maximum Gasteiger partial charge on any atom is 0.262 e. The van der Waals surface area contributed by atoms with Crippen LogP contribution in [0, 0.1) is 13.8 Å². The molecule has 4 rings (SSSR count). The van der Waals surface area contributed by atoms with Gasteiger partial charge < -0.3 is 15.4 Å². The molecule has 0 saturated carbocycles. The molecule has 2 N–H and O–H groups in total. The Balaban J connectivity index is 1.34. The number of nitrogens with one attached hydrogen (secondary N) is 2. The Morgan fingerprint density at radius 2 is 1.62 bits per heavy atom. The van der Waals surface area contributed by atoms with Gasteiger partial charge in [0, 0.05) is 23.0 Å². The Labute approximate surface area is 187 Å². The Kier molecular flexibility index (Phi) is 6.41. The molecule has 0 aliphatic carbocycles. The van der Waals surface area contributed by atoms with E-state index in [1.807, 2.05) is 92.7 Å². The maximum atomic E-state index is 12.3. The van der Waals surface area contributed by atoms with E-state index in [9.17, 15) is 4.79 Å². The third kappa shape index (κ3) is 5.29. The second kappa shape index (κ2) is 9.75. The Morgan fingerprint density at radius 1 is 0.875 bits per heavy atom. The number of benzene rings is 3. The van der Waals surface area contributed by atoms with Crippen LogP contribution in [-0.2, 0) is 4.79 Å². The summed E-state index contributed by atoms with van der Waals surface area (Å²) in [6, 6.07) is 25.1. The highest BCUT2D eigenvalue weighted by Gasteiger charge is 2.07. The number of anilines is 3. The molecule has 0 unspecified atom stereocenters. The number of carbonyl (C=O) groups excluding carboxylic acids is 1. The summed E-state index contributed by atoms with van der Waals surface area (Å²) < 4.78 is 5.66. The lowest BCUT2D eigenvalue weighted by molar-refractivity contribution is -0.118. The highest BCUT2D eigenvalue weighted by molar-refractivity contribution is 5.92. The molecule has 6 heteroatoms. The first-order valence-electron chi connectivity index (χ1n) is 10.3. The molecule has 0 spiro atoms. The van der Waals surface area contributed by atoms with Crippen LogP contribution < -0.4 is 15.4 Å². The summed E-state index contributed by atoms with van der Waals surface area (Å²) in [6.07, 6.45) is 1.54. The molecular formula is C26H24N4O2. The standard InChI is InChI=1S/C26H24N4O2/c1-18-7-6-10-24(19(18)2)32-16-26(31)30-22-13-11-21(12-14-22)29-25-15-23(27-17-28-25)20-8-4-3-5-9-20/h3-15,17H,16H2,1-2H3,(H,30,31)(H,27,28,29). The van der Waals surface area contributed by atoms with Crippen LogP contribution in [-0.4, -0.2) is 22.5 Å². The van der Waals surface area contributed by atoms with Gasteiger partial charge in [-0.2, -0.15) is 0 Å². The van der Waals surface area contributed by atoms with Gasteiger partial charge in [-0.1, -0.05) is 42.5 Å². The lowest BCUT2D eigenvalue weighted by atomic mass is 10.1. The summed E-state index contributed by atoms with van der Waals surface area (Å²) >= 11 is 0. The number of amides is 1. The molecule has 1 amide bonds. The van der Waals surface area contributed by atoms with Crippen molar-refractivity contribution < 1.29 is 9.53 Å². The molecule has 0 saturated heterocycles. The van der Waals surface area contributed by atoms with E-state index in [4.69, 9.17) is 4.74 Å². The van der Waals surface area contributed by atoms with E-state index >= 15 is 0 Å². The number of hydrogen-bond acceptors (Lipinski definition) is 5. The third-order valence-corrected chi connectivity index (χ3v) is 5.09. The minimum Gasteiger partial charge on any atom is -0.483 e. The fourth-order valence-corrected chi connectivity index (χ4v) is 3.20. The highest BCUT2D eigenvalue weighted by atomic mass is 16.5. The predicted molar refractivity (Wildman–Crippen MR) is 127 cm³/mol. The van der Waals surface area contributed by atoms with Crippen molar-refractivity contribution in [1.29, 1.82) is 0 Å². The molecule has 0 bridgehead atoms. The lowest BCUT2D eigenvalue weighted by Gasteiger charge is -2.11. The quantitative estimate of drug-likeness (QED) is 0.408. The van der Waals surface area contributed by atoms with Gasteiger partial charge in [-0.3, -0.25) is 4.79 Å². The van der Waals surface area contributed by atoms with Gasteiger partial charge in [-0.25, -0.2) is 9.97 Å². The van der Waals surface area contributed by atoms with Crippen molar-refractivity contribution >= 4 is 23.1 Å². The zero-order valence-electron chi connectivity index (χ0n) is 18.0. The fourth-order valence-electron chi connectivity index (χ4n) is 3.20. The first kappa shape index (κ1) is 21.1. The minimum absolute atomic E-state index is 0.0481. The second-order valence-corrected chi connectivity index (χ2v) is 7.39. The van der Waals surface area contributed by atoms with E-state index in [1.165, 1.54) is 6.33 Å². The molecule has 6 nitrogen and oxygen atoms in total. The van der Waals surface area contributed by atoms with Crippen molar-refractivity contribution in [3.05, 3.63) is 96.3 Å². The number of aromatic nitrogens is 2. The monoisotopic (exact) mass is 424 g/mol. The van der Waals surface area contributed by atoms with Gasteiger partial charge in [0.1, 0.15) is 17.9 Å². The van der Waals surface area contributed by atoms with E-state index in [0.717, 1.165) is 33.8 Å². The van der Waals surface area contributed by atoms with E-state index in [2.05, 4.69) is 20.6 Å². The number of ether oxygens (including phenoxy) is 1. The van der Waals surface area contributed by atoms with Crippen LogP contribution in [0.1, 0.15) is 11.1 Å². The third-order valence-electron chi connectivity index (χ3n) is 5.09. The van der Waals surface area contributed by atoms with Crippen LogP contribution in [0.2, 0.25) is 0 Å². The zero-order chi connectivity index (χ0) is 22.3. The maximum absolute atomic E-state index is 12.3. The molecule has 1 aromatic heterocycles. The molecule has 3 aromatic carbocycles. The normalized spacial score (nSPS) is 10.4. The average Bonchev–Trinajstić information content (AvgIpc) is 2.82. The predicted octanol–water partition coefficient (Wildman–Crippen LogP) is 5.52. The lowest BCUT2D eigenvalue weighted by Crippen LogP contribution is -2.20. The van der Waals surface area contributed by atoms with Crippen LogP contribution in [0.4, 0.5) is 17.2 Å². The van der Waals surface area contributed by atoms with E-state index in [0.29, 0.717) is 11.5 Å².